The second-order valence-electron chi connectivity index (χ2n) is 5.37. The van der Waals surface area contributed by atoms with Crippen LogP contribution in [-0.4, -0.2) is 73.2 Å². The first-order chi connectivity index (χ1) is 8.79. The Morgan fingerprint density at radius 1 is 1.22 bits per heavy atom. The summed E-state index contributed by atoms with van der Waals surface area (Å²) >= 11 is 0. The van der Waals surface area contributed by atoms with Crippen molar-refractivity contribution >= 4 is 5.91 Å². The molecule has 1 amide bonds. The molecule has 2 aliphatic rings. The number of hydrogen-bond acceptors (Lipinski definition) is 4. The molecule has 0 unspecified atom stereocenters. The molecule has 1 saturated carbocycles. The number of rotatable bonds is 6. The predicted octanol–water partition coefficient (Wildman–Crippen LogP) is -0.487. The summed E-state index contributed by atoms with van der Waals surface area (Å²) in [5, 5.41) is 12.2. The minimum atomic E-state index is 0.205. The molecule has 2 rings (SSSR count). The molecule has 104 valence electrons. The topological polar surface area (TPSA) is 55.8 Å². The van der Waals surface area contributed by atoms with Gasteiger partial charge in [-0.15, -0.1) is 0 Å². The number of carbonyl (C=O) groups excluding carboxylic acids is 1. The van der Waals surface area contributed by atoms with E-state index >= 15 is 0 Å². The van der Waals surface area contributed by atoms with Gasteiger partial charge in [0.25, 0.3) is 0 Å². The van der Waals surface area contributed by atoms with Gasteiger partial charge in [-0.1, -0.05) is 0 Å². The fourth-order valence-corrected chi connectivity index (χ4v) is 2.40. The van der Waals surface area contributed by atoms with E-state index in [1.807, 2.05) is 4.90 Å². The first-order valence-corrected chi connectivity index (χ1v) is 7.11. The van der Waals surface area contributed by atoms with Crippen molar-refractivity contribution in [1.29, 1.82) is 0 Å². The van der Waals surface area contributed by atoms with E-state index in [0.29, 0.717) is 6.54 Å². The number of β-amino-alcohol motifs (C(OH)–C–C–N with tert-alkyl or cyclic N) is 1. The van der Waals surface area contributed by atoms with Crippen LogP contribution in [0.3, 0.4) is 0 Å². The molecule has 1 aliphatic carbocycles. The number of aliphatic hydroxyl groups excluding tert-OH is 1. The Kier molecular flexibility index (Phi) is 5.41. The third-order valence-corrected chi connectivity index (χ3v) is 3.76. The van der Waals surface area contributed by atoms with E-state index in [4.69, 9.17) is 5.11 Å². The molecule has 0 aromatic rings. The van der Waals surface area contributed by atoms with Gasteiger partial charge in [-0.25, -0.2) is 0 Å². The van der Waals surface area contributed by atoms with Crippen molar-refractivity contribution in [3.05, 3.63) is 0 Å². The van der Waals surface area contributed by atoms with Gasteiger partial charge in [0.1, 0.15) is 0 Å². The molecule has 2 N–H and O–H groups in total. The zero-order chi connectivity index (χ0) is 12.8. The molecule has 5 heteroatoms. The van der Waals surface area contributed by atoms with E-state index in [1.165, 1.54) is 12.8 Å². The molecule has 0 aromatic heterocycles. The van der Waals surface area contributed by atoms with Crippen molar-refractivity contribution in [2.45, 2.75) is 19.3 Å². The first-order valence-electron chi connectivity index (χ1n) is 7.11. The number of amides is 1. The van der Waals surface area contributed by atoms with Crippen LogP contribution in [0.1, 0.15) is 19.3 Å². The summed E-state index contributed by atoms with van der Waals surface area (Å²) in [6, 6.07) is 0. The number of nitrogens with one attached hydrogen (secondary N) is 1. The molecule has 5 nitrogen and oxygen atoms in total. The average molecular weight is 255 g/mol. The van der Waals surface area contributed by atoms with Crippen LogP contribution < -0.4 is 5.32 Å². The lowest BCUT2D eigenvalue weighted by Crippen LogP contribution is -2.41. The van der Waals surface area contributed by atoms with Crippen LogP contribution >= 0.6 is 0 Å². The molecule has 1 saturated heterocycles. The Bertz CT molecular complexity index is 269. The van der Waals surface area contributed by atoms with Gasteiger partial charge in [0.2, 0.25) is 5.91 Å². The minimum absolute atomic E-state index is 0.205. The van der Waals surface area contributed by atoms with E-state index in [2.05, 4.69) is 10.2 Å². The van der Waals surface area contributed by atoms with E-state index in [-0.39, 0.29) is 12.5 Å². The molecule has 18 heavy (non-hydrogen) atoms. The van der Waals surface area contributed by atoms with Crippen LogP contribution in [0.25, 0.3) is 0 Å². The summed E-state index contributed by atoms with van der Waals surface area (Å²) in [5.41, 5.74) is 0. The smallest absolute Gasteiger partial charge is 0.236 e. The van der Waals surface area contributed by atoms with Crippen LogP contribution in [0, 0.1) is 5.92 Å². The van der Waals surface area contributed by atoms with Gasteiger partial charge in [-0.2, -0.15) is 0 Å². The zero-order valence-corrected chi connectivity index (χ0v) is 11.1. The predicted molar refractivity (Wildman–Crippen MR) is 70.3 cm³/mol. The lowest BCUT2D eigenvalue weighted by molar-refractivity contribution is -0.130. The maximum Gasteiger partial charge on any atom is 0.236 e. The third-order valence-electron chi connectivity index (χ3n) is 3.76. The SMILES string of the molecule is O=C(CNCC1CC1)N1CCCN(CCO)CC1. The van der Waals surface area contributed by atoms with Gasteiger partial charge >= 0.3 is 0 Å². The Hall–Kier alpha value is -0.650. The zero-order valence-electron chi connectivity index (χ0n) is 11.1. The minimum Gasteiger partial charge on any atom is -0.395 e. The number of aliphatic hydroxyl groups is 1. The fraction of sp³-hybridized carbons (Fsp3) is 0.923. The lowest BCUT2D eigenvalue weighted by atomic mass is 10.3. The molecule has 0 radical (unpaired) electrons. The van der Waals surface area contributed by atoms with Crippen LogP contribution in [-0.2, 0) is 4.79 Å². The average Bonchev–Trinajstić information content (AvgIpc) is 3.16. The van der Waals surface area contributed by atoms with Crippen molar-refractivity contribution in [3.8, 4) is 0 Å². The lowest BCUT2D eigenvalue weighted by Gasteiger charge is -2.21. The van der Waals surface area contributed by atoms with E-state index < -0.39 is 0 Å². The second-order valence-corrected chi connectivity index (χ2v) is 5.37. The molecule has 0 bridgehead atoms. The second kappa shape index (κ2) is 7.07. The summed E-state index contributed by atoms with van der Waals surface area (Å²) in [4.78, 5) is 16.2. The first kappa shape index (κ1) is 13.8. The number of carbonyl (C=O) groups is 1. The summed E-state index contributed by atoms with van der Waals surface area (Å²) in [6.45, 7) is 5.93. The standard InChI is InChI=1S/C13H25N3O2/c17-9-8-15-4-1-5-16(7-6-15)13(18)11-14-10-12-2-3-12/h12,14,17H,1-11H2. The third kappa shape index (κ3) is 4.55. The van der Waals surface area contributed by atoms with E-state index in [0.717, 1.165) is 51.6 Å². The van der Waals surface area contributed by atoms with Crippen LogP contribution in [0.5, 0.6) is 0 Å². The Morgan fingerprint density at radius 3 is 2.78 bits per heavy atom. The highest BCUT2D eigenvalue weighted by molar-refractivity contribution is 5.78. The van der Waals surface area contributed by atoms with Crippen LogP contribution in [0.2, 0.25) is 0 Å². The van der Waals surface area contributed by atoms with E-state index in [9.17, 15) is 4.79 Å². The van der Waals surface area contributed by atoms with Crippen molar-refractivity contribution in [2.24, 2.45) is 5.92 Å². The molecule has 0 atom stereocenters. The van der Waals surface area contributed by atoms with Crippen molar-refractivity contribution in [2.75, 3.05) is 52.4 Å². The van der Waals surface area contributed by atoms with Gasteiger partial charge in [0.15, 0.2) is 0 Å². The van der Waals surface area contributed by atoms with Crippen LogP contribution in [0.15, 0.2) is 0 Å². The molecular formula is C13H25N3O2. The van der Waals surface area contributed by atoms with Crippen molar-refractivity contribution in [3.63, 3.8) is 0 Å². The maximum atomic E-state index is 12.0. The molecule has 2 fully saturated rings. The quantitative estimate of drug-likeness (QED) is 0.673. The largest absolute Gasteiger partial charge is 0.395 e. The van der Waals surface area contributed by atoms with Gasteiger partial charge in [0.05, 0.1) is 13.2 Å². The fourth-order valence-electron chi connectivity index (χ4n) is 2.40. The Balaban J connectivity index is 1.65. The van der Waals surface area contributed by atoms with Crippen molar-refractivity contribution in [1.82, 2.24) is 15.1 Å². The number of hydrogen-bond donors (Lipinski definition) is 2. The summed E-state index contributed by atoms with van der Waals surface area (Å²) < 4.78 is 0. The molecule has 0 spiro atoms. The summed E-state index contributed by atoms with van der Waals surface area (Å²) in [6.07, 6.45) is 3.65. The highest BCUT2D eigenvalue weighted by Crippen LogP contribution is 2.27. The maximum absolute atomic E-state index is 12.0. The highest BCUT2D eigenvalue weighted by atomic mass is 16.3. The Morgan fingerprint density at radius 2 is 2.06 bits per heavy atom. The number of nitrogens with zero attached hydrogens (tertiary/aromatic N) is 2. The normalized spacial score (nSPS) is 21.9. The monoisotopic (exact) mass is 255 g/mol. The van der Waals surface area contributed by atoms with Gasteiger partial charge < -0.3 is 15.3 Å². The van der Waals surface area contributed by atoms with Gasteiger partial charge in [-0.3, -0.25) is 9.69 Å². The van der Waals surface area contributed by atoms with E-state index in [1.54, 1.807) is 0 Å². The molecule has 1 heterocycles. The summed E-state index contributed by atoms with van der Waals surface area (Å²) in [5.74, 6) is 1.04. The Labute approximate surface area is 109 Å². The molecule has 0 aromatic carbocycles. The van der Waals surface area contributed by atoms with Gasteiger partial charge in [-0.05, 0) is 38.3 Å². The highest BCUT2D eigenvalue weighted by Gasteiger charge is 2.22. The summed E-state index contributed by atoms with van der Waals surface area (Å²) in [7, 11) is 0. The van der Waals surface area contributed by atoms with Crippen molar-refractivity contribution < 1.29 is 9.90 Å². The molecule has 1 aliphatic heterocycles. The van der Waals surface area contributed by atoms with Crippen LogP contribution in [0.4, 0.5) is 0 Å². The van der Waals surface area contributed by atoms with Gasteiger partial charge in [0, 0.05) is 26.2 Å². The molecular weight excluding hydrogens is 230 g/mol.